The van der Waals surface area contributed by atoms with Crippen molar-refractivity contribution < 1.29 is 47.3 Å². The monoisotopic (exact) mass is 469 g/mol. The van der Waals surface area contributed by atoms with Gasteiger partial charge < -0.3 is 24.3 Å². The molecular formula is C12H17N5O11P2. The number of aromatic amines is 1. The average molecular weight is 469 g/mol. The Labute approximate surface area is 166 Å². The van der Waals surface area contributed by atoms with E-state index in [0.29, 0.717) is 0 Å². The number of carbonyl (C=O) groups is 1. The van der Waals surface area contributed by atoms with Gasteiger partial charge in [0.25, 0.3) is 5.56 Å². The van der Waals surface area contributed by atoms with E-state index in [0.717, 1.165) is 0 Å². The highest BCUT2D eigenvalue weighted by Gasteiger charge is 2.42. The molecule has 2 aromatic rings. The zero-order valence-corrected chi connectivity index (χ0v) is 16.9. The van der Waals surface area contributed by atoms with Gasteiger partial charge >= 0.3 is 15.6 Å². The Morgan fingerprint density at radius 2 is 2.07 bits per heavy atom. The van der Waals surface area contributed by atoms with Crippen molar-refractivity contribution >= 4 is 38.7 Å². The highest BCUT2D eigenvalue weighted by molar-refractivity contribution is 7.46. The number of rotatable bonds is 7. The molecule has 1 aliphatic rings. The minimum Gasteiger partial charge on any atom is -0.349 e. The summed E-state index contributed by atoms with van der Waals surface area (Å²) >= 11 is 0. The Hall–Kier alpha value is -2.00. The highest BCUT2D eigenvalue weighted by Crippen LogP contribution is 2.45. The van der Waals surface area contributed by atoms with Gasteiger partial charge in [-0.2, -0.15) is 4.98 Å². The quantitative estimate of drug-likeness (QED) is 0.266. The predicted octanol–water partition coefficient (Wildman–Crippen LogP) is -1.05. The van der Waals surface area contributed by atoms with Gasteiger partial charge in [-0.3, -0.25) is 33.5 Å². The number of phosphoric ester groups is 2. The Kier molecular flexibility index (Phi) is 6.25. The maximum atomic E-state index is 12.1. The van der Waals surface area contributed by atoms with Crippen LogP contribution in [0.4, 0.5) is 5.95 Å². The molecule has 3 heterocycles. The summed E-state index contributed by atoms with van der Waals surface area (Å²) in [6, 6.07) is 0. The van der Waals surface area contributed by atoms with Gasteiger partial charge in [-0.15, -0.1) is 0 Å². The molecule has 18 heteroatoms. The SMILES string of the molecule is CC(=O)Nc1nc2c(ncn2[C@H]2C[C@H](OP(=O)(O)O)[C@@H](COP(=O)(O)O)O2)c(=O)[nH]1. The van der Waals surface area contributed by atoms with Crippen LogP contribution >= 0.6 is 15.6 Å². The smallest absolute Gasteiger partial charge is 0.349 e. The van der Waals surface area contributed by atoms with Crippen LogP contribution in [0.3, 0.4) is 0 Å². The molecule has 1 aliphatic heterocycles. The Bertz CT molecular complexity index is 1100. The van der Waals surface area contributed by atoms with Gasteiger partial charge in [-0.05, 0) is 0 Å². The Morgan fingerprint density at radius 1 is 1.37 bits per heavy atom. The molecule has 3 atom stereocenters. The first-order valence-corrected chi connectivity index (χ1v) is 11.2. The number of aromatic nitrogens is 4. The van der Waals surface area contributed by atoms with Crippen molar-refractivity contribution in [3.05, 3.63) is 16.7 Å². The van der Waals surface area contributed by atoms with Crippen LogP contribution in [0.25, 0.3) is 11.2 Å². The first-order valence-electron chi connectivity index (χ1n) is 8.16. The molecule has 0 radical (unpaired) electrons. The number of hydrogen-bond acceptors (Lipinski definition) is 9. The number of carbonyl (C=O) groups excluding carboxylic acids is 1. The van der Waals surface area contributed by atoms with Crippen LogP contribution in [0.1, 0.15) is 19.6 Å². The van der Waals surface area contributed by atoms with Crippen LogP contribution in [0, 0.1) is 0 Å². The zero-order chi connectivity index (χ0) is 22.3. The number of hydrogen-bond donors (Lipinski definition) is 6. The third-order valence-corrected chi connectivity index (χ3v) is 4.93. The summed E-state index contributed by atoms with van der Waals surface area (Å²) in [5.41, 5.74) is -0.779. The fraction of sp³-hybridized carbons (Fsp3) is 0.500. The van der Waals surface area contributed by atoms with E-state index < -0.39 is 52.2 Å². The first-order chi connectivity index (χ1) is 13.8. The lowest BCUT2D eigenvalue weighted by Gasteiger charge is -2.19. The maximum Gasteiger partial charge on any atom is 0.469 e. The molecule has 0 unspecified atom stereocenters. The lowest BCUT2D eigenvalue weighted by atomic mass is 10.2. The summed E-state index contributed by atoms with van der Waals surface area (Å²) in [6.45, 7) is 0.473. The van der Waals surface area contributed by atoms with E-state index in [1.807, 2.05) is 0 Å². The molecule has 30 heavy (non-hydrogen) atoms. The molecule has 1 fully saturated rings. The lowest BCUT2D eigenvalue weighted by Crippen LogP contribution is -2.28. The maximum absolute atomic E-state index is 12.1. The largest absolute Gasteiger partial charge is 0.469 e. The summed E-state index contributed by atoms with van der Waals surface area (Å²) in [6.07, 6.45) is -2.64. The molecule has 1 saturated heterocycles. The van der Waals surface area contributed by atoms with Gasteiger partial charge in [-0.1, -0.05) is 0 Å². The number of H-pyrrole nitrogens is 1. The van der Waals surface area contributed by atoms with Gasteiger partial charge in [-0.25, -0.2) is 14.1 Å². The third kappa shape index (κ3) is 5.57. The van der Waals surface area contributed by atoms with E-state index >= 15 is 0 Å². The van der Waals surface area contributed by atoms with Crippen molar-refractivity contribution in [1.29, 1.82) is 0 Å². The van der Waals surface area contributed by atoms with Crippen LogP contribution in [0.15, 0.2) is 11.1 Å². The first kappa shape index (κ1) is 22.7. The molecule has 3 rings (SSSR count). The molecule has 6 N–H and O–H groups in total. The van der Waals surface area contributed by atoms with Crippen molar-refractivity contribution in [2.75, 3.05) is 11.9 Å². The number of ether oxygens (including phenoxy) is 1. The summed E-state index contributed by atoms with van der Waals surface area (Å²) in [4.78, 5) is 69.6. The normalized spacial score (nSPS) is 22.5. The number of nitrogens with one attached hydrogen (secondary N) is 2. The van der Waals surface area contributed by atoms with Crippen LogP contribution < -0.4 is 10.9 Å². The number of imidazole rings is 1. The molecule has 0 bridgehead atoms. The van der Waals surface area contributed by atoms with Crippen LogP contribution in [-0.2, 0) is 27.7 Å². The zero-order valence-electron chi connectivity index (χ0n) is 15.1. The number of amides is 1. The van der Waals surface area contributed by atoms with E-state index in [-0.39, 0.29) is 23.5 Å². The third-order valence-electron chi connectivity index (χ3n) is 3.90. The predicted molar refractivity (Wildman–Crippen MR) is 95.9 cm³/mol. The van der Waals surface area contributed by atoms with Gasteiger partial charge in [0.2, 0.25) is 11.9 Å². The van der Waals surface area contributed by atoms with Crippen molar-refractivity contribution in [1.82, 2.24) is 19.5 Å². The standard InChI is InChI=1S/C12H17N5O11P2/c1-5(18)14-12-15-10-9(11(19)16-12)13-4-17(10)8-2-6(28-30(23,24)25)7(27-8)3-26-29(20,21)22/h4,6-8H,2-3H2,1H3,(H2,20,21,22)(H2,23,24,25)(H2,14,15,16,18,19)/t6-,7+,8+/m0/s1. The van der Waals surface area contributed by atoms with Crippen LogP contribution in [0.2, 0.25) is 0 Å². The fourth-order valence-electron chi connectivity index (χ4n) is 2.84. The molecule has 2 aromatic heterocycles. The second-order valence-electron chi connectivity index (χ2n) is 6.21. The molecular weight excluding hydrogens is 452 g/mol. The minimum atomic E-state index is -4.97. The highest BCUT2D eigenvalue weighted by atomic mass is 31.2. The van der Waals surface area contributed by atoms with Crippen molar-refractivity contribution in [2.24, 2.45) is 0 Å². The van der Waals surface area contributed by atoms with E-state index in [9.17, 15) is 18.7 Å². The lowest BCUT2D eigenvalue weighted by molar-refractivity contribution is -0.114. The van der Waals surface area contributed by atoms with Crippen molar-refractivity contribution in [2.45, 2.75) is 31.8 Å². The Morgan fingerprint density at radius 3 is 2.67 bits per heavy atom. The van der Waals surface area contributed by atoms with Crippen LogP contribution in [0.5, 0.6) is 0 Å². The minimum absolute atomic E-state index is 0.0148. The fourth-order valence-corrected chi connectivity index (χ4v) is 3.76. The van der Waals surface area contributed by atoms with E-state index in [2.05, 4.69) is 29.3 Å². The molecule has 1 amide bonds. The number of nitrogens with zero attached hydrogens (tertiary/aromatic N) is 3. The summed E-state index contributed by atoms with van der Waals surface area (Å²) in [5, 5.41) is 2.31. The summed E-state index contributed by atoms with van der Waals surface area (Å²) in [5.74, 6) is -0.658. The van der Waals surface area contributed by atoms with Gasteiger partial charge in [0, 0.05) is 13.3 Å². The summed E-state index contributed by atoms with van der Waals surface area (Å²) in [7, 11) is -9.86. The second kappa shape index (κ2) is 8.26. The van der Waals surface area contributed by atoms with Crippen molar-refractivity contribution in [3.8, 4) is 0 Å². The van der Waals surface area contributed by atoms with E-state index in [1.165, 1.54) is 17.8 Å². The van der Waals surface area contributed by atoms with E-state index in [1.54, 1.807) is 0 Å². The molecule has 0 saturated carbocycles. The van der Waals surface area contributed by atoms with E-state index in [4.69, 9.17) is 24.3 Å². The Balaban J connectivity index is 1.92. The van der Waals surface area contributed by atoms with Gasteiger partial charge in [0.15, 0.2) is 11.2 Å². The molecule has 16 nitrogen and oxygen atoms in total. The van der Waals surface area contributed by atoms with Crippen molar-refractivity contribution in [3.63, 3.8) is 0 Å². The molecule has 0 aromatic carbocycles. The number of fused-ring (bicyclic) bond motifs is 1. The van der Waals surface area contributed by atoms with Gasteiger partial charge in [0.05, 0.1) is 12.9 Å². The average Bonchev–Trinajstić information content (AvgIpc) is 3.14. The summed E-state index contributed by atoms with van der Waals surface area (Å²) < 4.78 is 38.0. The van der Waals surface area contributed by atoms with Gasteiger partial charge in [0.1, 0.15) is 18.4 Å². The number of phosphoric acid groups is 2. The second-order valence-corrected chi connectivity index (χ2v) is 8.64. The molecule has 0 spiro atoms. The van der Waals surface area contributed by atoms with Crippen LogP contribution in [-0.4, -0.2) is 63.8 Å². The molecule has 0 aliphatic carbocycles. The number of anilines is 1. The topological polar surface area (TPSA) is 235 Å². The molecule has 166 valence electrons.